The van der Waals surface area contributed by atoms with Gasteiger partial charge in [0.15, 0.2) is 17.3 Å². The summed E-state index contributed by atoms with van der Waals surface area (Å²) < 4.78 is 12.5. The molecule has 0 fully saturated rings. The van der Waals surface area contributed by atoms with E-state index in [-0.39, 0.29) is 0 Å². The lowest BCUT2D eigenvalue weighted by atomic mass is 10.1. The molecule has 2 aromatic carbocycles. The van der Waals surface area contributed by atoms with Crippen molar-refractivity contribution in [3.63, 3.8) is 0 Å². The number of hydrogen-bond acceptors (Lipinski definition) is 6. The number of methoxy groups -OCH3 is 2. The molecule has 0 amide bonds. The fourth-order valence-electron chi connectivity index (χ4n) is 2.75. The minimum absolute atomic E-state index is 0.610. The average molecular weight is 366 g/mol. The van der Waals surface area contributed by atoms with Gasteiger partial charge in [-0.2, -0.15) is 9.61 Å². The number of nitrogens with zero attached hydrogens (tertiary/aromatic N) is 4. The summed E-state index contributed by atoms with van der Waals surface area (Å²) in [5, 5.41) is 14.2. The minimum Gasteiger partial charge on any atom is -0.493 e. The Balaban J connectivity index is 1.66. The lowest BCUT2D eigenvalue weighted by Crippen LogP contribution is -1.99. The van der Waals surface area contributed by atoms with Crippen LogP contribution in [0.4, 0.5) is 0 Å². The molecule has 2 heterocycles. The Hall–Kier alpha value is -2.93. The molecule has 0 aliphatic rings. The second-order valence-electron chi connectivity index (χ2n) is 5.95. The molecule has 0 N–H and O–H groups in total. The van der Waals surface area contributed by atoms with Crippen LogP contribution in [0.15, 0.2) is 42.5 Å². The lowest BCUT2D eigenvalue weighted by Gasteiger charge is -2.08. The molecule has 0 aliphatic heterocycles. The highest BCUT2D eigenvalue weighted by atomic mass is 32.1. The van der Waals surface area contributed by atoms with Crippen LogP contribution in [0.1, 0.15) is 17.0 Å². The molecule has 132 valence electrons. The molecule has 4 rings (SSSR count). The van der Waals surface area contributed by atoms with Gasteiger partial charge in [-0.15, -0.1) is 10.2 Å². The maximum atomic E-state index is 5.37. The molecular weight excluding hydrogens is 348 g/mol. The Bertz CT molecular complexity index is 1050. The van der Waals surface area contributed by atoms with E-state index in [1.54, 1.807) is 14.2 Å². The van der Waals surface area contributed by atoms with Crippen molar-refractivity contribution in [1.82, 2.24) is 19.8 Å². The molecule has 26 heavy (non-hydrogen) atoms. The van der Waals surface area contributed by atoms with E-state index in [1.165, 1.54) is 16.9 Å². The Kier molecular flexibility index (Phi) is 4.30. The van der Waals surface area contributed by atoms with E-state index >= 15 is 0 Å². The van der Waals surface area contributed by atoms with E-state index in [2.05, 4.69) is 41.4 Å². The second-order valence-corrected chi connectivity index (χ2v) is 6.91. The first-order valence-corrected chi connectivity index (χ1v) is 8.98. The molecule has 7 heteroatoms. The monoisotopic (exact) mass is 366 g/mol. The third kappa shape index (κ3) is 3.01. The fourth-order valence-corrected chi connectivity index (χ4v) is 3.62. The van der Waals surface area contributed by atoms with Crippen molar-refractivity contribution in [1.29, 1.82) is 0 Å². The van der Waals surface area contributed by atoms with Crippen LogP contribution in [0.5, 0.6) is 11.5 Å². The zero-order valence-corrected chi connectivity index (χ0v) is 15.6. The zero-order chi connectivity index (χ0) is 18.1. The van der Waals surface area contributed by atoms with Crippen molar-refractivity contribution in [3.05, 3.63) is 59.4 Å². The number of hydrogen-bond donors (Lipinski definition) is 0. The Morgan fingerprint density at radius 3 is 2.46 bits per heavy atom. The van der Waals surface area contributed by atoms with Gasteiger partial charge in [0.2, 0.25) is 4.96 Å². The van der Waals surface area contributed by atoms with Crippen LogP contribution >= 0.6 is 11.3 Å². The van der Waals surface area contributed by atoms with Gasteiger partial charge in [-0.1, -0.05) is 47.2 Å². The molecule has 0 aliphatic carbocycles. The van der Waals surface area contributed by atoms with Crippen LogP contribution in [0.2, 0.25) is 0 Å². The predicted octanol–water partition coefficient (Wildman–Crippen LogP) is 3.77. The van der Waals surface area contributed by atoms with Crippen molar-refractivity contribution in [2.24, 2.45) is 0 Å². The summed E-state index contributed by atoms with van der Waals surface area (Å²) in [5.74, 6) is 2.20. The summed E-state index contributed by atoms with van der Waals surface area (Å²) in [4.78, 5) is 0.788. The van der Waals surface area contributed by atoms with Gasteiger partial charge in [0.05, 0.1) is 14.2 Å². The molecule has 0 radical (unpaired) electrons. The van der Waals surface area contributed by atoms with Gasteiger partial charge in [0, 0.05) is 12.0 Å². The summed E-state index contributed by atoms with van der Waals surface area (Å²) in [5.41, 5.74) is 3.37. The third-order valence-corrected chi connectivity index (χ3v) is 5.11. The number of ether oxygens (including phenoxy) is 2. The smallest absolute Gasteiger partial charge is 0.234 e. The zero-order valence-electron chi connectivity index (χ0n) is 14.8. The minimum atomic E-state index is 0.610. The summed E-state index contributed by atoms with van der Waals surface area (Å²) in [6.07, 6.45) is 0.610. The van der Waals surface area contributed by atoms with Crippen molar-refractivity contribution in [2.75, 3.05) is 14.2 Å². The average Bonchev–Trinajstić information content (AvgIpc) is 3.24. The van der Waals surface area contributed by atoms with E-state index in [0.717, 1.165) is 26.9 Å². The maximum Gasteiger partial charge on any atom is 0.234 e. The van der Waals surface area contributed by atoms with Crippen molar-refractivity contribution >= 4 is 16.3 Å². The van der Waals surface area contributed by atoms with Crippen LogP contribution in [-0.2, 0) is 6.42 Å². The van der Waals surface area contributed by atoms with E-state index in [0.29, 0.717) is 17.9 Å². The summed E-state index contributed by atoms with van der Waals surface area (Å²) in [6, 6.07) is 14.2. The SMILES string of the molecule is COc1ccc(Cc2nnc3sc(-c4ccc(C)cc4)nn23)cc1OC. The van der Waals surface area contributed by atoms with Crippen LogP contribution in [0.25, 0.3) is 15.5 Å². The van der Waals surface area contributed by atoms with Crippen molar-refractivity contribution in [2.45, 2.75) is 13.3 Å². The van der Waals surface area contributed by atoms with Gasteiger partial charge in [-0.25, -0.2) is 0 Å². The molecular formula is C19H18N4O2S. The molecule has 0 atom stereocenters. The van der Waals surface area contributed by atoms with Crippen molar-refractivity contribution < 1.29 is 9.47 Å². The molecule has 4 aromatic rings. The van der Waals surface area contributed by atoms with Gasteiger partial charge < -0.3 is 9.47 Å². The molecule has 0 bridgehead atoms. The van der Waals surface area contributed by atoms with Crippen LogP contribution < -0.4 is 9.47 Å². The number of aryl methyl sites for hydroxylation is 1. The number of aromatic nitrogens is 4. The van der Waals surface area contributed by atoms with E-state index in [9.17, 15) is 0 Å². The van der Waals surface area contributed by atoms with E-state index in [4.69, 9.17) is 14.6 Å². The Morgan fingerprint density at radius 2 is 1.73 bits per heavy atom. The van der Waals surface area contributed by atoms with Crippen LogP contribution in [-0.4, -0.2) is 34.0 Å². The van der Waals surface area contributed by atoms with Gasteiger partial charge in [0.25, 0.3) is 0 Å². The first-order valence-electron chi connectivity index (χ1n) is 8.17. The highest BCUT2D eigenvalue weighted by molar-refractivity contribution is 7.19. The third-order valence-electron chi connectivity index (χ3n) is 4.16. The summed E-state index contributed by atoms with van der Waals surface area (Å²) in [6.45, 7) is 2.07. The molecule has 2 aromatic heterocycles. The molecule has 0 saturated heterocycles. The van der Waals surface area contributed by atoms with Gasteiger partial charge in [-0.3, -0.25) is 0 Å². The van der Waals surface area contributed by atoms with E-state index in [1.807, 2.05) is 22.7 Å². The predicted molar refractivity (Wildman–Crippen MR) is 101 cm³/mol. The molecule has 6 nitrogen and oxygen atoms in total. The fraction of sp³-hybridized carbons (Fsp3) is 0.211. The van der Waals surface area contributed by atoms with Crippen molar-refractivity contribution in [3.8, 4) is 22.1 Å². The molecule has 0 spiro atoms. The largest absolute Gasteiger partial charge is 0.493 e. The Morgan fingerprint density at radius 1 is 0.962 bits per heavy atom. The highest BCUT2D eigenvalue weighted by Gasteiger charge is 2.14. The van der Waals surface area contributed by atoms with Crippen LogP contribution in [0.3, 0.4) is 0 Å². The Labute approximate surface area is 155 Å². The highest BCUT2D eigenvalue weighted by Crippen LogP contribution is 2.29. The first-order chi connectivity index (χ1) is 12.7. The standard InChI is InChI=1S/C19H18N4O2S/c1-12-4-7-14(8-5-12)18-22-23-17(20-21-19(23)26-18)11-13-6-9-15(24-2)16(10-13)25-3/h4-10H,11H2,1-3H3. The second kappa shape index (κ2) is 6.76. The van der Waals surface area contributed by atoms with Crippen LogP contribution in [0, 0.1) is 6.92 Å². The summed E-state index contributed by atoms with van der Waals surface area (Å²) >= 11 is 1.53. The van der Waals surface area contributed by atoms with Gasteiger partial charge in [-0.05, 0) is 24.6 Å². The lowest BCUT2D eigenvalue weighted by molar-refractivity contribution is 0.354. The van der Waals surface area contributed by atoms with Gasteiger partial charge >= 0.3 is 0 Å². The molecule has 0 saturated carbocycles. The number of rotatable bonds is 5. The first kappa shape index (κ1) is 16.5. The van der Waals surface area contributed by atoms with E-state index < -0.39 is 0 Å². The number of benzene rings is 2. The number of fused-ring (bicyclic) bond motifs is 1. The normalized spacial score (nSPS) is 11.0. The van der Waals surface area contributed by atoms with Gasteiger partial charge in [0.1, 0.15) is 5.01 Å². The molecule has 0 unspecified atom stereocenters. The maximum absolute atomic E-state index is 5.37. The topological polar surface area (TPSA) is 61.5 Å². The summed E-state index contributed by atoms with van der Waals surface area (Å²) in [7, 11) is 3.26. The quantitative estimate of drug-likeness (QED) is 0.538.